The van der Waals surface area contributed by atoms with Gasteiger partial charge in [-0.05, 0) is 5.92 Å². The van der Waals surface area contributed by atoms with Gasteiger partial charge in [-0.2, -0.15) is 0 Å². The minimum Gasteiger partial charge on any atom is -0.288 e. The summed E-state index contributed by atoms with van der Waals surface area (Å²) in [6.07, 6.45) is 14.9. The Kier molecular flexibility index (Phi) is 11.3. The van der Waals surface area contributed by atoms with E-state index in [1.54, 1.807) is 0 Å². The Hall–Kier alpha value is -0.0900. The van der Waals surface area contributed by atoms with Crippen LogP contribution in [0.3, 0.4) is 0 Å². The van der Waals surface area contributed by atoms with Crippen molar-refractivity contribution >= 4 is 11.0 Å². The van der Waals surface area contributed by atoms with Crippen LogP contribution in [0.5, 0.6) is 0 Å². The summed E-state index contributed by atoms with van der Waals surface area (Å²) in [7, 11) is -3.12. The number of hydrogen-bond acceptors (Lipinski definition) is 2. The highest BCUT2D eigenvalue weighted by Gasteiger charge is 2.15. The predicted octanol–water partition coefficient (Wildman–Crippen LogP) is 3.61. The van der Waals surface area contributed by atoms with Crippen LogP contribution in [0.4, 0.5) is 0 Å². The molecule has 1 fully saturated rings. The largest absolute Gasteiger partial charge is 0.288 e. The minimum atomic E-state index is -3.12. The first-order valence-electron chi connectivity index (χ1n) is 6.50. The summed E-state index contributed by atoms with van der Waals surface area (Å²) < 4.78 is 24.2. The van der Waals surface area contributed by atoms with Crippen molar-refractivity contribution in [3.8, 4) is 0 Å². The molecule has 1 saturated carbocycles. The molecule has 0 amide bonds. The van der Waals surface area contributed by atoms with Crippen LogP contribution in [-0.4, -0.2) is 13.0 Å². The molecule has 0 unspecified atom stereocenters. The van der Waals surface area contributed by atoms with E-state index in [1.807, 2.05) is 0 Å². The Morgan fingerprint density at radius 1 is 1.06 bits per heavy atom. The minimum absolute atomic E-state index is 1.14. The van der Waals surface area contributed by atoms with Crippen LogP contribution in [0.2, 0.25) is 0 Å². The van der Waals surface area contributed by atoms with Gasteiger partial charge in [-0.15, -0.1) is 0 Å². The molecule has 98 valence electrons. The van der Waals surface area contributed by atoms with Gasteiger partial charge < -0.3 is 0 Å². The molecule has 0 aromatic carbocycles. The van der Waals surface area contributed by atoms with Crippen molar-refractivity contribution in [2.24, 2.45) is 5.92 Å². The zero-order valence-corrected chi connectivity index (χ0v) is 11.3. The maximum atomic E-state index is 8.59. The van der Waals surface area contributed by atoms with Crippen molar-refractivity contribution in [2.45, 2.75) is 71.1 Å². The van der Waals surface area contributed by atoms with Crippen molar-refractivity contribution in [3.05, 3.63) is 0 Å². The molecule has 0 saturated heterocycles. The summed E-state index contributed by atoms with van der Waals surface area (Å²) in [5.74, 6) is 1.14. The zero-order valence-electron chi connectivity index (χ0n) is 10.4. The Balaban J connectivity index is 0.000000487. The first kappa shape index (κ1) is 15.9. The highest BCUT2D eigenvalue weighted by atomic mass is 32.2. The van der Waals surface area contributed by atoms with Crippen LogP contribution in [0, 0.1) is 5.92 Å². The van der Waals surface area contributed by atoms with Gasteiger partial charge in [0.1, 0.15) is 0 Å². The van der Waals surface area contributed by atoms with E-state index in [4.69, 9.17) is 13.0 Å². The number of thiol groups is 1. The summed E-state index contributed by atoms with van der Waals surface area (Å²) in [4.78, 5) is 0. The molecule has 16 heavy (non-hydrogen) atoms. The summed E-state index contributed by atoms with van der Waals surface area (Å²) in [6.45, 7) is 2.29. The summed E-state index contributed by atoms with van der Waals surface area (Å²) in [5, 5.41) is 0. The van der Waals surface area contributed by atoms with Gasteiger partial charge >= 0.3 is 0 Å². The fourth-order valence-electron chi connectivity index (χ4n) is 1.99. The summed E-state index contributed by atoms with van der Waals surface area (Å²) in [5.41, 5.74) is 0. The lowest BCUT2D eigenvalue weighted by Crippen LogP contribution is -2.10. The standard InChI is InChI=1S/C12H24.H2O3S/c1-2-3-4-5-6-7-9-12-10-8-11-12;1-4(2)3/h12H,2-11H2,1H3;4H,(H,1,2,3). The van der Waals surface area contributed by atoms with Gasteiger partial charge in [-0.1, -0.05) is 71.1 Å². The molecule has 1 aliphatic rings. The molecule has 0 atom stereocenters. The van der Waals surface area contributed by atoms with Crippen LogP contribution in [0.15, 0.2) is 0 Å². The lowest BCUT2D eigenvalue weighted by atomic mass is 9.81. The third-order valence-electron chi connectivity index (χ3n) is 3.19. The quantitative estimate of drug-likeness (QED) is 0.412. The average Bonchev–Trinajstić information content (AvgIpc) is 2.13. The third kappa shape index (κ3) is 12.0. The van der Waals surface area contributed by atoms with Gasteiger partial charge in [0, 0.05) is 0 Å². The summed E-state index contributed by atoms with van der Waals surface area (Å²) >= 11 is 0. The second kappa shape index (κ2) is 11.4. The second-order valence-corrected chi connectivity index (χ2v) is 5.07. The molecule has 0 heterocycles. The van der Waals surface area contributed by atoms with Crippen molar-refractivity contribution in [1.29, 1.82) is 0 Å². The van der Waals surface area contributed by atoms with Crippen LogP contribution >= 0.6 is 0 Å². The highest BCUT2D eigenvalue weighted by molar-refractivity contribution is 7.66. The van der Waals surface area contributed by atoms with Gasteiger partial charge in [0.05, 0.1) is 0 Å². The van der Waals surface area contributed by atoms with E-state index in [0.717, 1.165) is 5.92 Å². The van der Waals surface area contributed by atoms with Gasteiger partial charge in [-0.25, -0.2) is 8.42 Å². The van der Waals surface area contributed by atoms with E-state index in [9.17, 15) is 0 Å². The Labute approximate surface area is 101 Å². The Bertz CT molecular complexity index is 202. The molecule has 0 aromatic heterocycles. The monoisotopic (exact) mass is 250 g/mol. The van der Waals surface area contributed by atoms with Gasteiger partial charge in [-0.3, -0.25) is 4.55 Å². The molecule has 0 spiro atoms. The third-order valence-corrected chi connectivity index (χ3v) is 3.19. The first-order valence-corrected chi connectivity index (χ1v) is 7.63. The molecule has 1 N–H and O–H groups in total. The molecule has 1 aliphatic carbocycles. The number of hydrogen-bond donors (Lipinski definition) is 2. The highest BCUT2D eigenvalue weighted by Crippen LogP contribution is 2.31. The molecule has 0 aliphatic heterocycles. The molecule has 4 heteroatoms. The molecule has 1 rings (SSSR count). The van der Waals surface area contributed by atoms with Crippen LogP contribution in [0.25, 0.3) is 0 Å². The van der Waals surface area contributed by atoms with Crippen molar-refractivity contribution in [2.75, 3.05) is 0 Å². The SMILES string of the molecule is CCCCCCCCC1CCC1.O=[SH](=O)O. The van der Waals surface area contributed by atoms with E-state index in [1.165, 1.54) is 64.2 Å². The maximum absolute atomic E-state index is 8.59. The number of rotatable bonds is 7. The van der Waals surface area contributed by atoms with Gasteiger partial charge in [0.15, 0.2) is 0 Å². The zero-order chi connectivity index (χ0) is 12.2. The van der Waals surface area contributed by atoms with E-state index >= 15 is 0 Å². The molecular weight excluding hydrogens is 224 g/mol. The molecular formula is C12H26O3S. The maximum Gasteiger partial charge on any atom is 0.254 e. The molecule has 0 bridgehead atoms. The molecule has 0 radical (unpaired) electrons. The Morgan fingerprint density at radius 2 is 1.56 bits per heavy atom. The molecule has 0 aromatic rings. The lowest BCUT2D eigenvalue weighted by molar-refractivity contribution is 0.286. The van der Waals surface area contributed by atoms with Crippen molar-refractivity contribution < 1.29 is 13.0 Å². The summed E-state index contributed by atoms with van der Waals surface area (Å²) in [6, 6.07) is 0. The van der Waals surface area contributed by atoms with E-state index in [2.05, 4.69) is 6.92 Å². The van der Waals surface area contributed by atoms with Gasteiger partial charge in [0.2, 0.25) is 0 Å². The number of unbranched alkanes of at least 4 members (excludes halogenated alkanes) is 5. The normalized spacial score (nSPS) is 15.4. The lowest BCUT2D eigenvalue weighted by Gasteiger charge is -2.24. The fraction of sp³-hybridized carbons (Fsp3) is 1.00. The second-order valence-electron chi connectivity index (χ2n) is 4.59. The Morgan fingerprint density at radius 3 is 2.00 bits per heavy atom. The van der Waals surface area contributed by atoms with E-state index in [-0.39, 0.29) is 0 Å². The smallest absolute Gasteiger partial charge is 0.254 e. The van der Waals surface area contributed by atoms with Crippen LogP contribution < -0.4 is 0 Å². The predicted molar refractivity (Wildman–Crippen MR) is 68.3 cm³/mol. The van der Waals surface area contributed by atoms with Crippen LogP contribution in [0.1, 0.15) is 71.1 Å². The van der Waals surface area contributed by atoms with Crippen LogP contribution in [-0.2, 0) is 11.0 Å². The fourth-order valence-corrected chi connectivity index (χ4v) is 1.99. The molecule has 3 nitrogen and oxygen atoms in total. The average molecular weight is 250 g/mol. The first-order chi connectivity index (χ1) is 7.66. The van der Waals surface area contributed by atoms with E-state index in [0.29, 0.717) is 0 Å². The van der Waals surface area contributed by atoms with Crippen molar-refractivity contribution in [1.82, 2.24) is 0 Å². The topological polar surface area (TPSA) is 54.4 Å². The van der Waals surface area contributed by atoms with Crippen molar-refractivity contribution in [3.63, 3.8) is 0 Å². The van der Waals surface area contributed by atoms with E-state index < -0.39 is 11.0 Å². The van der Waals surface area contributed by atoms with Gasteiger partial charge in [0.25, 0.3) is 11.0 Å².